The van der Waals surface area contributed by atoms with Gasteiger partial charge in [-0.2, -0.15) is 18.2 Å². The zero-order valence-electron chi connectivity index (χ0n) is 19.9. The first-order chi connectivity index (χ1) is 16.7. The molecule has 0 radical (unpaired) electrons. The van der Waals surface area contributed by atoms with Crippen LogP contribution in [0.25, 0.3) is 33.9 Å². The monoisotopic (exact) mass is 494 g/mol. The fourth-order valence-electron chi connectivity index (χ4n) is 3.07. The van der Waals surface area contributed by atoms with Crippen LogP contribution in [-0.2, 0) is 12.6 Å². The molecule has 11 heteroatoms. The molecule has 4 N–H and O–H groups in total. The summed E-state index contributed by atoms with van der Waals surface area (Å²) in [7, 11) is 0. The quantitative estimate of drug-likeness (QED) is 0.285. The number of hydrogen-bond acceptors (Lipinski definition) is 7. The summed E-state index contributed by atoms with van der Waals surface area (Å²) in [6.07, 6.45) is -4.75. The Bertz CT molecular complexity index is 1220. The lowest BCUT2D eigenvalue weighted by atomic mass is 10.1. The summed E-state index contributed by atoms with van der Waals surface area (Å²) in [5.41, 5.74) is 0.747. The second kappa shape index (κ2) is 12.3. The number of phenols is 1. The van der Waals surface area contributed by atoms with Gasteiger partial charge < -0.3 is 24.8 Å². The molecule has 0 amide bonds. The summed E-state index contributed by atoms with van der Waals surface area (Å²) in [4.78, 5) is 11.7. The predicted molar refractivity (Wildman–Crippen MR) is 126 cm³/mol. The minimum Gasteiger partial charge on any atom is -0.507 e. The molecule has 190 valence electrons. The number of aryl methyl sites for hydroxylation is 1. The molecule has 0 aliphatic carbocycles. The van der Waals surface area contributed by atoms with E-state index in [1.807, 2.05) is 27.7 Å². The average molecular weight is 495 g/mol. The molecule has 0 aliphatic heterocycles. The zero-order valence-corrected chi connectivity index (χ0v) is 19.9. The van der Waals surface area contributed by atoms with Crippen LogP contribution in [0.1, 0.15) is 45.5 Å². The van der Waals surface area contributed by atoms with Gasteiger partial charge in [-0.1, -0.05) is 32.9 Å². The molecule has 8 nitrogen and oxygen atoms in total. The Morgan fingerprint density at radius 1 is 1.00 bits per heavy atom. The Morgan fingerprint density at radius 2 is 1.69 bits per heavy atom. The van der Waals surface area contributed by atoms with Crippen molar-refractivity contribution in [3.05, 3.63) is 47.8 Å². The molecule has 2 aromatic heterocycles. The van der Waals surface area contributed by atoms with Crippen LogP contribution in [0.5, 0.6) is 5.75 Å². The maximum absolute atomic E-state index is 13.0. The highest BCUT2D eigenvalue weighted by Gasteiger charge is 2.34. The highest BCUT2D eigenvalue weighted by molar-refractivity contribution is 5.80. The number of nitrogens with zero attached hydrogens (tertiary/aromatic N) is 3. The summed E-state index contributed by atoms with van der Waals surface area (Å²) in [5.74, 6) is -0.200. The number of benzene rings is 2. The van der Waals surface area contributed by atoms with Gasteiger partial charge in [-0.3, -0.25) is 0 Å². The number of aromatic nitrogens is 4. The standard InChI is InChI=1S/C20H17F3N4O4.2C2H6/c21-20(22,23)13-7-11(2-5-16(13)30)19-26-18(27-31-19)10-1-4-14-15(8-10)25-17(24-14)6-3-12(29)9-28;2*1-2/h1-2,4-5,7-8,12,28-30H,3,6,9H2,(H,24,25);2*1-2H3. The van der Waals surface area contributed by atoms with Crippen molar-refractivity contribution >= 4 is 11.0 Å². The lowest BCUT2D eigenvalue weighted by Gasteiger charge is -2.09. The van der Waals surface area contributed by atoms with Crippen LogP contribution in [-0.4, -0.2) is 48.1 Å². The third-order valence-electron chi connectivity index (χ3n) is 4.69. The Hall–Kier alpha value is -3.44. The Morgan fingerprint density at radius 3 is 2.34 bits per heavy atom. The van der Waals surface area contributed by atoms with E-state index in [0.717, 1.165) is 12.1 Å². The number of aliphatic hydroxyl groups is 2. The number of hydrogen-bond donors (Lipinski definition) is 4. The van der Waals surface area contributed by atoms with Gasteiger partial charge in [-0.15, -0.1) is 0 Å². The number of aromatic amines is 1. The molecule has 2 aromatic carbocycles. The normalized spacial score (nSPS) is 11.9. The summed E-state index contributed by atoms with van der Waals surface area (Å²) < 4.78 is 44.2. The molecule has 0 saturated heterocycles. The van der Waals surface area contributed by atoms with Crippen LogP contribution in [0.2, 0.25) is 0 Å². The van der Waals surface area contributed by atoms with Crippen LogP contribution in [0, 0.1) is 0 Å². The minimum absolute atomic E-state index is 0.0243. The molecule has 0 fully saturated rings. The topological polar surface area (TPSA) is 128 Å². The van der Waals surface area contributed by atoms with Crippen molar-refractivity contribution in [2.45, 2.75) is 52.8 Å². The van der Waals surface area contributed by atoms with E-state index in [-0.39, 0.29) is 23.9 Å². The van der Waals surface area contributed by atoms with Crippen molar-refractivity contribution in [3.63, 3.8) is 0 Å². The molecular formula is C24H29F3N4O4. The number of phenolic OH excluding ortho intramolecular Hbond substituents is 1. The molecule has 1 unspecified atom stereocenters. The molecule has 0 bridgehead atoms. The lowest BCUT2D eigenvalue weighted by molar-refractivity contribution is -0.138. The van der Waals surface area contributed by atoms with E-state index >= 15 is 0 Å². The van der Waals surface area contributed by atoms with Crippen molar-refractivity contribution in [3.8, 4) is 28.6 Å². The van der Waals surface area contributed by atoms with Gasteiger partial charge in [0.25, 0.3) is 5.89 Å². The van der Waals surface area contributed by atoms with Crippen molar-refractivity contribution in [2.75, 3.05) is 6.61 Å². The molecular weight excluding hydrogens is 465 g/mol. The maximum atomic E-state index is 13.0. The van der Waals surface area contributed by atoms with E-state index in [4.69, 9.17) is 9.63 Å². The molecule has 0 spiro atoms. The van der Waals surface area contributed by atoms with E-state index in [1.165, 1.54) is 6.07 Å². The van der Waals surface area contributed by atoms with Gasteiger partial charge in [0.05, 0.1) is 29.3 Å². The number of halogens is 3. The number of nitrogens with one attached hydrogen (secondary N) is 1. The van der Waals surface area contributed by atoms with Crippen LogP contribution in [0.15, 0.2) is 40.9 Å². The number of H-pyrrole nitrogens is 1. The first kappa shape index (κ1) is 27.8. The van der Waals surface area contributed by atoms with E-state index in [2.05, 4.69) is 20.1 Å². The Kier molecular flexibility index (Phi) is 9.78. The molecule has 0 aliphatic rings. The van der Waals surface area contributed by atoms with Crippen molar-refractivity contribution < 1.29 is 33.0 Å². The van der Waals surface area contributed by atoms with Crippen LogP contribution < -0.4 is 0 Å². The van der Waals surface area contributed by atoms with Crippen LogP contribution >= 0.6 is 0 Å². The molecule has 0 saturated carbocycles. The molecule has 4 rings (SSSR count). The van der Waals surface area contributed by atoms with Gasteiger partial charge in [-0.05, 0) is 42.8 Å². The average Bonchev–Trinajstić information content (AvgIpc) is 3.51. The number of alkyl halides is 3. The largest absolute Gasteiger partial charge is 0.507 e. The van der Waals surface area contributed by atoms with Gasteiger partial charge in [0.15, 0.2) is 0 Å². The summed E-state index contributed by atoms with van der Waals surface area (Å²) >= 11 is 0. The third kappa shape index (κ3) is 6.80. The lowest BCUT2D eigenvalue weighted by Crippen LogP contribution is -2.12. The minimum atomic E-state index is -4.72. The van der Waals surface area contributed by atoms with Crippen LogP contribution in [0.4, 0.5) is 13.2 Å². The number of fused-ring (bicyclic) bond motifs is 1. The summed E-state index contributed by atoms with van der Waals surface area (Å²) in [5, 5.41) is 31.7. The fourth-order valence-corrected chi connectivity index (χ4v) is 3.07. The third-order valence-corrected chi connectivity index (χ3v) is 4.69. The maximum Gasteiger partial charge on any atom is 0.419 e. The molecule has 1 atom stereocenters. The number of aromatic hydroxyl groups is 1. The van der Waals surface area contributed by atoms with E-state index in [9.17, 15) is 23.4 Å². The van der Waals surface area contributed by atoms with Gasteiger partial charge in [0.2, 0.25) is 5.82 Å². The predicted octanol–water partition coefficient (Wildman–Crippen LogP) is 5.34. The number of rotatable bonds is 6. The van der Waals surface area contributed by atoms with Crippen molar-refractivity contribution in [2.24, 2.45) is 0 Å². The first-order valence-corrected chi connectivity index (χ1v) is 11.3. The smallest absolute Gasteiger partial charge is 0.419 e. The van der Waals surface area contributed by atoms with Crippen molar-refractivity contribution in [1.82, 2.24) is 20.1 Å². The van der Waals surface area contributed by atoms with E-state index in [0.29, 0.717) is 35.3 Å². The first-order valence-electron chi connectivity index (χ1n) is 11.3. The number of imidazole rings is 1. The van der Waals surface area contributed by atoms with Crippen LogP contribution in [0.3, 0.4) is 0 Å². The Labute approximate surface area is 200 Å². The second-order valence-corrected chi connectivity index (χ2v) is 6.94. The van der Waals surface area contributed by atoms with Gasteiger partial charge in [0.1, 0.15) is 11.6 Å². The van der Waals surface area contributed by atoms with Gasteiger partial charge in [-0.25, -0.2) is 4.98 Å². The highest BCUT2D eigenvalue weighted by atomic mass is 19.4. The zero-order chi connectivity index (χ0) is 26.2. The highest BCUT2D eigenvalue weighted by Crippen LogP contribution is 2.38. The summed E-state index contributed by atoms with van der Waals surface area (Å²) in [6, 6.07) is 8.08. The molecule has 2 heterocycles. The van der Waals surface area contributed by atoms with Gasteiger partial charge >= 0.3 is 6.18 Å². The Balaban J connectivity index is 0.00000103. The van der Waals surface area contributed by atoms with Crippen molar-refractivity contribution in [1.29, 1.82) is 0 Å². The molecule has 4 aromatic rings. The van der Waals surface area contributed by atoms with E-state index in [1.54, 1.807) is 18.2 Å². The molecule has 35 heavy (non-hydrogen) atoms. The number of aliphatic hydroxyl groups excluding tert-OH is 2. The van der Waals surface area contributed by atoms with Gasteiger partial charge in [0, 0.05) is 17.5 Å². The summed E-state index contributed by atoms with van der Waals surface area (Å²) in [6.45, 7) is 7.68. The van der Waals surface area contributed by atoms with E-state index < -0.39 is 23.6 Å². The fraction of sp³-hybridized carbons (Fsp3) is 0.375. The SMILES string of the molecule is CC.CC.OCC(O)CCc1nc2ccc(-c3noc(-c4ccc(O)c(C(F)(F)F)c4)n3)cc2[nH]1. The second-order valence-electron chi connectivity index (χ2n) is 6.94.